The fourth-order valence-corrected chi connectivity index (χ4v) is 3.99. The van der Waals surface area contributed by atoms with Gasteiger partial charge in [0, 0.05) is 31.1 Å². The van der Waals surface area contributed by atoms with Crippen molar-refractivity contribution >= 4 is 11.4 Å². The maximum absolute atomic E-state index is 13.4. The standard InChI is InChI=1S/C20H15F2N9O2/c21-20(22)31-9-11(8-25-31)17-26-27-18(33-17)19(32)29-6-4-13-15(24-10-23-13)16(29)14-7-12-3-1-2-5-30(12)28-14/h1-3,5,7-10,16,20H,4,6H2,(H,23,24)/t16-/m0/s1. The molecule has 1 N–H and O–H groups in total. The van der Waals surface area contributed by atoms with Crippen LogP contribution in [0.1, 0.15) is 40.4 Å². The average molecular weight is 451 g/mol. The lowest BCUT2D eigenvalue weighted by Gasteiger charge is -2.32. The number of halogens is 2. The third-order valence-corrected chi connectivity index (χ3v) is 5.51. The van der Waals surface area contributed by atoms with Gasteiger partial charge in [-0.2, -0.15) is 19.0 Å². The summed E-state index contributed by atoms with van der Waals surface area (Å²) in [6.07, 6.45) is 6.22. The lowest BCUT2D eigenvalue weighted by Crippen LogP contribution is -2.41. The third kappa shape index (κ3) is 3.16. The van der Waals surface area contributed by atoms with Gasteiger partial charge in [-0.05, 0) is 18.2 Å². The van der Waals surface area contributed by atoms with Crippen molar-refractivity contribution in [3.8, 4) is 11.5 Å². The number of nitrogens with zero attached hydrogens (tertiary/aromatic N) is 8. The summed E-state index contributed by atoms with van der Waals surface area (Å²) in [4.78, 5) is 22.5. The number of pyridine rings is 1. The Morgan fingerprint density at radius 1 is 1.27 bits per heavy atom. The SMILES string of the molecule is O=C(c1nnc(-c2cnn(C(F)F)c2)o1)N1CCc2[nH]cnc2[C@@H]1c1cc2ccccn2n1. The molecule has 0 aliphatic carbocycles. The van der Waals surface area contributed by atoms with E-state index in [-0.39, 0.29) is 17.3 Å². The van der Waals surface area contributed by atoms with E-state index < -0.39 is 18.5 Å². The first-order valence-corrected chi connectivity index (χ1v) is 10.0. The zero-order valence-electron chi connectivity index (χ0n) is 16.8. The summed E-state index contributed by atoms with van der Waals surface area (Å²) in [7, 11) is 0. The van der Waals surface area contributed by atoms with Crippen LogP contribution in [0, 0.1) is 0 Å². The number of imidazole rings is 1. The van der Waals surface area contributed by atoms with Crippen LogP contribution >= 0.6 is 0 Å². The Morgan fingerprint density at radius 3 is 3.00 bits per heavy atom. The molecule has 0 saturated carbocycles. The Morgan fingerprint density at radius 2 is 2.18 bits per heavy atom. The molecule has 0 fully saturated rings. The van der Waals surface area contributed by atoms with Gasteiger partial charge in [-0.15, -0.1) is 10.2 Å². The minimum Gasteiger partial charge on any atom is -0.412 e. The lowest BCUT2D eigenvalue weighted by molar-refractivity contribution is 0.0566. The van der Waals surface area contributed by atoms with Gasteiger partial charge in [0.05, 0.1) is 35.0 Å². The van der Waals surface area contributed by atoms with Gasteiger partial charge >= 0.3 is 18.3 Å². The molecule has 33 heavy (non-hydrogen) atoms. The number of aromatic amines is 1. The minimum atomic E-state index is -2.80. The van der Waals surface area contributed by atoms with Crippen LogP contribution < -0.4 is 0 Å². The monoisotopic (exact) mass is 451 g/mol. The summed E-state index contributed by atoms with van der Waals surface area (Å²) in [5.41, 5.74) is 3.31. The van der Waals surface area contributed by atoms with Crippen LogP contribution in [-0.2, 0) is 6.42 Å². The van der Waals surface area contributed by atoms with Gasteiger partial charge in [0.25, 0.3) is 5.89 Å². The van der Waals surface area contributed by atoms with Crippen LogP contribution in [0.3, 0.4) is 0 Å². The van der Waals surface area contributed by atoms with Gasteiger partial charge < -0.3 is 14.3 Å². The molecule has 6 heterocycles. The zero-order valence-corrected chi connectivity index (χ0v) is 16.8. The van der Waals surface area contributed by atoms with Gasteiger partial charge in [0.2, 0.25) is 0 Å². The molecule has 1 aliphatic rings. The highest BCUT2D eigenvalue weighted by molar-refractivity contribution is 5.90. The van der Waals surface area contributed by atoms with E-state index in [1.165, 1.54) is 6.20 Å². The van der Waals surface area contributed by atoms with Crippen molar-refractivity contribution in [3.05, 3.63) is 72.2 Å². The maximum Gasteiger partial charge on any atom is 0.333 e. The third-order valence-electron chi connectivity index (χ3n) is 5.51. The van der Waals surface area contributed by atoms with Crippen molar-refractivity contribution in [3.63, 3.8) is 0 Å². The predicted octanol–water partition coefficient (Wildman–Crippen LogP) is 2.49. The Hall–Kier alpha value is -4.42. The summed E-state index contributed by atoms with van der Waals surface area (Å²) in [6.45, 7) is -2.43. The number of nitrogens with one attached hydrogen (secondary N) is 1. The van der Waals surface area contributed by atoms with E-state index >= 15 is 0 Å². The maximum atomic E-state index is 13.4. The second-order valence-electron chi connectivity index (χ2n) is 7.46. The first-order valence-electron chi connectivity index (χ1n) is 10.0. The number of rotatable bonds is 4. The van der Waals surface area contributed by atoms with Crippen molar-refractivity contribution in [2.24, 2.45) is 0 Å². The molecule has 0 radical (unpaired) electrons. The van der Waals surface area contributed by atoms with E-state index in [1.807, 2.05) is 30.5 Å². The number of carbonyl (C=O) groups is 1. The van der Waals surface area contributed by atoms with E-state index in [0.29, 0.717) is 29.0 Å². The fourth-order valence-electron chi connectivity index (χ4n) is 3.99. The van der Waals surface area contributed by atoms with Crippen LogP contribution in [0.25, 0.3) is 17.0 Å². The largest absolute Gasteiger partial charge is 0.412 e. The smallest absolute Gasteiger partial charge is 0.333 e. The number of alkyl halides is 2. The average Bonchev–Trinajstić information content (AvgIpc) is 3.61. The fraction of sp³-hybridized carbons (Fsp3) is 0.200. The topological polar surface area (TPSA) is 123 Å². The summed E-state index contributed by atoms with van der Waals surface area (Å²) in [5, 5.41) is 15.9. The van der Waals surface area contributed by atoms with Crippen molar-refractivity contribution in [1.29, 1.82) is 0 Å². The summed E-state index contributed by atoms with van der Waals surface area (Å²) in [5.74, 6) is -0.847. The molecule has 5 aromatic heterocycles. The Balaban J connectivity index is 1.36. The zero-order chi connectivity index (χ0) is 22.5. The van der Waals surface area contributed by atoms with Crippen LogP contribution in [-0.4, -0.2) is 56.9 Å². The second-order valence-corrected chi connectivity index (χ2v) is 7.46. The quantitative estimate of drug-likeness (QED) is 0.445. The first-order chi connectivity index (χ1) is 16.1. The molecule has 166 valence electrons. The molecule has 6 rings (SSSR count). The van der Waals surface area contributed by atoms with Gasteiger partial charge in [-0.25, -0.2) is 14.2 Å². The molecule has 5 aromatic rings. The molecule has 0 bridgehead atoms. The van der Waals surface area contributed by atoms with Gasteiger partial charge in [-0.1, -0.05) is 6.07 Å². The predicted molar refractivity (Wildman–Crippen MR) is 107 cm³/mol. The highest BCUT2D eigenvalue weighted by Crippen LogP contribution is 2.34. The molecule has 0 unspecified atom stereocenters. The van der Waals surface area contributed by atoms with E-state index in [9.17, 15) is 13.6 Å². The van der Waals surface area contributed by atoms with Crippen molar-refractivity contribution in [2.75, 3.05) is 6.54 Å². The van der Waals surface area contributed by atoms with Crippen LogP contribution in [0.15, 0.2) is 53.6 Å². The number of amides is 1. The highest BCUT2D eigenvalue weighted by Gasteiger charge is 2.38. The molecule has 1 amide bonds. The van der Waals surface area contributed by atoms with Crippen LogP contribution in [0.2, 0.25) is 0 Å². The number of fused-ring (bicyclic) bond motifs is 2. The van der Waals surface area contributed by atoms with Crippen molar-refractivity contribution < 1.29 is 18.0 Å². The Labute approximate surface area is 183 Å². The van der Waals surface area contributed by atoms with Gasteiger partial charge in [-0.3, -0.25) is 4.79 Å². The lowest BCUT2D eigenvalue weighted by atomic mass is 9.99. The molecular weight excluding hydrogens is 436 g/mol. The molecule has 11 nitrogen and oxygen atoms in total. The molecule has 0 saturated heterocycles. The Kier molecular flexibility index (Phi) is 4.28. The van der Waals surface area contributed by atoms with Crippen molar-refractivity contribution in [1.82, 2.24) is 44.5 Å². The molecule has 1 aliphatic heterocycles. The van der Waals surface area contributed by atoms with E-state index in [4.69, 9.17) is 4.42 Å². The summed E-state index contributed by atoms with van der Waals surface area (Å²) >= 11 is 0. The molecule has 0 spiro atoms. The van der Waals surface area contributed by atoms with Crippen LogP contribution in [0.4, 0.5) is 8.78 Å². The van der Waals surface area contributed by atoms with Gasteiger partial charge in [0.1, 0.15) is 6.04 Å². The van der Waals surface area contributed by atoms with E-state index in [1.54, 1.807) is 15.7 Å². The molecular formula is C20H15F2N9O2. The molecule has 0 aromatic carbocycles. The van der Waals surface area contributed by atoms with Crippen LogP contribution in [0.5, 0.6) is 0 Å². The summed E-state index contributed by atoms with van der Waals surface area (Å²) in [6, 6.07) is 7.02. The minimum absolute atomic E-state index is 0.0769. The van der Waals surface area contributed by atoms with E-state index in [2.05, 4.69) is 30.4 Å². The summed E-state index contributed by atoms with van der Waals surface area (Å²) < 4.78 is 33.3. The number of aromatic nitrogens is 8. The molecule has 13 heteroatoms. The van der Waals surface area contributed by atoms with E-state index in [0.717, 1.165) is 17.4 Å². The number of H-pyrrole nitrogens is 1. The number of hydrogen-bond donors (Lipinski definition) is 1. The Bertz CT molecular complexity index is 1430. The van der Waals surface area contributed by atoms with Crippen molar-refractivity contribution in [2.45, 2.75) is 19.0 Å². The normalized spacial score (nSPS) is 16.0. The number of carbonyl (C=O) groups excluding carboxylic acids is 1. The van der Waals surface area contributed by atoms with Gasteiger partial charge in [0.15, 0.2) is 0 Å². The number of hydrogen-bond acceptors (Lipinski definition) is 7. The second kappa shape index (κ2) is 7.32. The molecule has 1 atom stereocenters. The highest BCUT2D eigenvalue weighted by atomic mass is 19.3. The first kappa shape index (κ1) is 19.3.